The number of hydrogen-bond donors (Lipinski definition) is 12. The highest BCUT2D eigenvalue weighted by Crippen LogP contribution is 2.36. The van der Waals surface area contributed by atoms with Crippen molar-refractivity contribution < 1.29 is 99.2 Å². The molecule has 5 saturated heterocycles. The number of ether oxygens (including phenoxy) is 8. The zero-order valence-electron chi connectivity index (χ0n) is 23.0. The van der Waals surface area contributed by atoms with Crippen LogP contribution in [0.4, 0.5) is 0 Å². The molecule has 0 amide bonds. The minimum atomic E-state index is -1.92. The molecular weight excluding hydrogens is 608 g/mol. The molecule has 12 N–H and O–H groups in total. The summed E-state index contributed by atoms with van der Waals surface area (Å²) in [6.45, 7) is -3.02. The Morgan fingerprint density at radius 1 is 0.364 bits per heavy atom. The summed E-state index contributed by atoms with van der Waals surface area (Å²) >= 11 is 0. The van der Waals surface area contributed by atoms with E-state index in [2.05, 4.69) is 0 Å². The topological polar surface area (TPSA) is 317 Å². The van der Waals surface area contributed by atoms with Crippen molar-refractivity contribution in [1.29, 1.82) is 0 Å². The van der Waals surface area contributed by atoms with Gasteiger partial charge in [0.25, 0.3) is 0 Å². The van der Waals surface area contributed by atoms with Crippen molar-refractivity contribution in [1.82, 2.24) is 0 Å². The van der Waals surface area contributed by atoms with Gasteiger partial charge in [0.2, 0.25) is 0 Å². The number of rotatable bonds is 6. The highest BCUT2D eigenvalue weighted by Gasteiger charge is 2.57. The lowest BCUT2D eigenvalue weighted by Crippen LogP contribution is -2.69. The van der Waals surface area contributed by atoms with Gasteiger partial charge in [-0.3, -0.25) is 0 Å². The van der Waals surface area contributed by atoms with Gasteiger partial charge in [-0.1, -0.05) is 0 Å². The smallest absolute Gasteiger partial charge is 0.187 e. The van der Waals surface area contributed by atoms with E-state index in [1.165, 1.54) is 0 Å². The van der Waals surface area contributed by atoms with E-state index in [1.807, 2.05) is 0 Å². The molecule has 0 unspecified atom stereocenters. The molecule has 5 heterocycles. The van der Waals surface area contributed by atoms with Gasteiger partial charge in [-0.25, -0.2) is 0 Å². The molecule has 5 rings (SSSR count). The molecule has 0 aromatic rings. The fourth-order valence-corrected chi connectivity index (χ4v) is 5.83. The third kappa shape index (κ3) is 6.37. The Balaban J connectivity index is 1.44. The summed E-state index contributed by atoms with van der Waals surface area (Å²) in [6, 6.07) is 0. The summed E-state index contributed by atoms with van der Waals surface area (Å²) in [6.07, 6.45) is -34.0. The van der Waals surface area contributed by atoms with E-state index in [0.29, 0.717) is 0 Å². The van der Waals surface area contributed by atoms with Crippen LogP contribution >= 0.6 is 0 Å². The molecular formula is C24H40O20. The first-order valence-electron chi connectivity index (χ1n) is 14.1. The third-order valence-electron chi connectivity index (χ3n) is 8.43. The summed E-state index contributed by atoms with van der Waals surface area (Å²) in [4.78, 5) is 0. The molecule has 5 fully saturated rings. The molecule has 0 aromatic carbocycles. The molecule has 44 heavy (non-hydrogen) atoms. The van der Waals surface area contributed by atoms with Crippen LogP contribution in [0.3, 0.4) is 0 Å². The molecule has 20 heteroatoms. The summed E-state index contributed by atoms with van der Waals surface area (Å²) in [7, 11) is 0. The Kier molecular flexibility index (Phi) is 11.1. The van der Waals surface area contributed by atoms with Crippen molar-refractivity contribution in [2.45, 2.75) is 123 Å². The molecule has 6 bridgehead atoms. The van der Waals surface area contributed by atoms with E-state index in [4.69, 9.17) is 37.9 Å². The normalized spacial score (nSPS) is 55.1. The second-order valence-corrected chi connectivity index (χ2v) is 11.3. The van der Waals surface area contributed by atoms with Crippen LogP contribution < -0.4 is 0 Å². The fraction of sp³-hybridized carbons (Fsp3) is 1.00. The van der Waals surface area contributed by atoms with Gasteiger partial charge >= 0.3 is 0 Å². The first-order valence-corrected chi connectivity index (χ1v) is 14.1. The van der Waals surface area contributed by atoms with Crippen LogP contribution in [0.5, 0.6) is 0 Å². The molecule has 5 aliphatic heterocycles. The van der Waals surface area contributed by atoms with Gasteiger partial charge < -0.3 is 99.2 Å². The molecule has 0 aromatic heterocycles. The summed E-state index contributed by atoms with van der Waals surface area (Å²) in [5, 5.41) is 125. The van der Waals surface area contributed by atoms with E-state index in [1.54, 1.807) is 0 Å². The van der Waals surface area contributed by atoms with Gasteiger partial charge in [-0.05, 0) is 0 Å². The maximum absolute atomic E-state index is 11.2. The zero-order valence-corrected chi connectivity index (χ0v) is 23.0. The van der Waals surface area contributed by atoms with Gasteiger partial charge in [-0.15, -0.1) is 0 Å². The Morgan fingerprint density at radius 3 is 1.14 bits per heavy atom. The standard InChI is InChI=1S/C24H40O20/c25-1-5-9(28)13(32)14(33)21(38-5)37-4-8-12(31)20-17(36)24(41-8)43-19-11(30)7(3-27)39-22(16(19)35)42-18-10(29)6(2-26)40-23(44-20)15(18)34/h5-36H,1-4H2/t5-,6-,7-,8-,9-,10-,11-,12-,13+,14-,15-,16-,17-,18+,19+,20+,21-,22-,23-,24-/m1/s1. The molecule has 20 nitrogen and oxygen atoms in total. The monoisotopic (exact) mass is 648 g/mol. The van der Waals surface area contributed by atoms with Crippen molar-refractivity contribution in [3.63, 3.8) is 0 Å². The largest absolute Gasteiger partial charge is 0.394 e. The Bertz CT molecular complexity index is 928. The summed E-state index contributed by atoms with van der Waals surface area (Å²) in [5.41, 5.74) is 0. The predicted octanol–water partition coefficient (Wildman–Crippen LogP) is -8.70. The molecule has 0 saturated carbocycles. The van der Waals surface area contributed by atoms with Gasteiger partial charge in [-0.2, -0.15) is 0 Å². The van der Waals surface area contributed by atoms with Crippen molar-refractivity contribution in [2.24, 2.45) is 0 Å². The SMILES string of the molecule is OC[C@H]1O[C@@H](OC[C@H]2O[C@@H]3O[C@@H]4[C@@H](O)[C@@H](O[C@@H]5[C@@H](O)[C@@H](O[C@H]([C@H]3O)[C@@H]2O)O[C@H](CO)[C@H]5O)O[C@H](CO)[C@H]4O)[C@H](O)[C@@H](O)[C@@H]1O. The predicted molar refractivity (Wildman–Crippen MR) is 131 cm³/mol. The number of fused-ring (bicyclic) bond motifs is 6. The van der Waals surface area contributed by atoms with Gasteiger partial charge in [0, 0.05) is 0 Å². The van der Waals surface area contributed by atoms with Crippen LogP contribution in [-0.2, 0) is 37.9 Å². The molecule has 20 atom stereocenters. The molecule has 0 radical (unpaired) electrons. The van der Waals surface area contributed by atoms with Crippen molar-refractivity contribution in [3.05, 3.63) is 0 Å². The van der Waals surface area contributed by atoms with E-state index >= 15 is 0 Å². The molecule has 5 aliphatic rings. The van der Waals surface area contributed by atoms with Gasteiger partial charge in [0.1, 0.15) is 97.7 Å². The van der Waals surface area contributed by atoms with E-state index < -0.39 is 149 Å². The minimum absolute atomic E-state index is 0.672. The maximum atomic E-state index is 11.2. The lowest BCUT2D eigenvalue weighted by molar-refractivity contribution is -0.409. The second-order valence-electron chi connectivity index (χ2n) is 11.3. The minimum Gasteiger partial charge on any atom is -0.394 e. The maximum Gasteiger partial charge on any atom is 0.187 e. The second kappa shape index (κ2) is 14.1. The van der Waals surface area contributed by atoms with E-state index in [-0.39, 0.29) is 0 Å². The quantitative estimate of drug-likeness (QED) is 0.127. The van der Waals surface area contributed by atoms with Crippen molar-refractivity contribution >= 4 is 0 Å². The zero-order chi connectivity index (χ0) is 32.0. The first kappa shape index (κ1) is 34.5. The number of aliphatic hydroxyl groups excluding tert-OH is 12. The molecule has 0 spiro atoms. The lowest BCUT2D eigenvalue weighted by Gasteiger charge is -2.51. The van der Waals surface area contributed by atoms with Gasteiger partial charge in [0.15, 0.2) is 25.2 Å². The number of aliphatic hydroxyl groups is 12. The van der Waals surface area contributed by atoms with Crippen LogP contribution in [0, 0.1) is 0 Å². The molecule has 0 aliphatic carbocycles. The Labute approximate surface area is 249 Å². The average Bonchev–Trinajstić information content (AvgIpc) is 3.01. The summed E-state index contributed by atoms with van der Waals surface area (Å²) < 4.78 is 44.5. The molecule has 256 valence electrons. The van der Waals surface area contributed by atoms with Crippen LogP contribution in [0.25, 0.3) is 0 Å². The summed E-state index contributed by atoms with van der Waals surface area (Å²) in [5.74, 6) is 0. The lowest BCUT2D eigenvalue weighted by atomic mass is 9.94. The number of hydrogen-bond acceptors (Lipinski definition) is 20. The highest BCUT2D eigenvalue weighted by molar-refractivity contribution is 4.99. The van der Waals surface area contributed by atoms with Crippen LogP contribution in [0.1, 0.15) is 0 Å². The van der Waals surface area contributed by atoms with Crippen molar-refractivity contribution in [2.75, 3.05) is 26.4 Å². The Hall–Kier alpha value is -0.800. The van der Waals surface area contributed by atoms with E-state index in [0.717, 1.165) is 0 Å². The first-order chi connectivity index (χ1) is 20.9. The third-order valence-corrected chi connectivity index (χ3v) is 8.43. The van der Waals surface area contributed by atoms with Crippen LogP contribution in [0.2, 0.25) is 0 Å². The average molecular weight is 649 g/mol. The Morgan fingerprint density at radius 2 is 0.727 bits per heavy atom. The highest BCUT2D eigenvalue weighted by atomic mass is 16.8. The van der Waals surface area contributed by atoms with Crippen molar-refractivity contribution in [3.8, 4) is 0 Å². The van der Waals surface area contributed by atoms with Gasteiger partial charge in [0.05, 0.1) is 26.4 Å². The van der Waals surface area contributed by atoms with Crippen LogP contribution in [-0.4, -0.2) is 211 Å². The van der Waals surface area contributed by atoms with Crippen LogP contribution in [0.15, 0.2) is 0 Å². The van der Waals surface area contributed by atoms with E-state index in [9.17, 15) is 61.3 Å². The fourth-order valence-electron chi connectivity index (χ4n) is 5.83.